The summed E-state index contributed by atoms with van der Waals surface area (Å²) in [7, 11) is 0. The van der Waals surface area contributed by atoms with Crippen LogP contribution in [0.25, 0.3) is 0 Å². The van der Waals surface area contributed by atoms with Crippen molar-refractivity contribution in [2.75, 3.05) is 13.2 Å². The third-order valence-electron chi connectivity index (χ3n) is 3.87. The summed E-state index contributed by atoms with van der Waals surface area (Å²) in [6.45, 7) is 3.44. The number of benzene rings is 1. The average Bonchev–Trinajstić information content (AvgIpc) is 2.96. The summed E-state index contributed by atoms with van der Waals surface area (Å²) in [6.07, 6.45) is 2.26. The number of para-hydroxylation sites is 1. The normalized spacial score (nSPS) is 28.8. The first-order chi connectivity index (χ1) is 8.21. The molecule has 0 aliphatic carbocycles. The molecule has 0 aromatic heterocycles. The number of aliphatic hydroxyl groups is 1. The molecule has 0 saturated carbocycles. The summed E-state index contributed by atoms with van der Waals surface area (Å²) < 4.78 is 11.4. The van der Waals surface area contributed by atoms with Crippen molar-refractivity contribution in [2.45, 2.75) is 37.9 Å². The first-order valence-corrected chi connectivity index (χ1v) is 6.27. The number of aliphatic hydroxyl groups excluding tert-OH is 1. The fourth-order valence-corrected chi connectivity index (χ4v) is 2.80. The van der Waals surface area contributed by atoms with Crippen LogP contribution in [0.15, 0.2) is 18.2 Å². The van der Waals surface area contributed by atoms with Crippen LogP contribution in [-0.2, 0) is 11.2 Å². The Labute approximate surface area is 101 Å². The van der Waals surface area contributed by atoms with Crippen molar-refractivity contribution >= 4 is 0 Å². The topological polar surface area (TPSA) is 38.7 Å². The second-order valence-electron chi connectivity index (χ2n) is 5.10. The molecule has 1 aromatic carbocycles. The van der Waals surface area contributed by atoms with Crippen LogP contribution in [0, 0.1) is 0 Å². The van der Waals surface area contributed by atoms with Gasteiger partial charge in [0, 0.05) is 18.6 Å². The molecule has 0 spiro atoms. The van der Waals surface area contributed by atoms with Crippen molar-refractivity contribution in [1.82, 2.24) is 0 Å². The summed E-state index contributed by atoms with van der Waals surface area (Å²) >= 11 is 0. The Hall–Kier alpha value is -1.06. The predicted octanol–water partition coefficient (Wildman–Crippen LogP) is 2.22. The second kappa shape index (κ2) is 4.00. The van der Waals surface area contributed by atoms with Crippen LogP contribution in [0.5, 0.6) is 5.75 Å². The van der Waals surface area contributed by atoms with Gasteiger partial charge in [0.2, 0.25) is 0 Å². The maximum absolute atomic E-state index is 10.5. The number of hydrogen-bond acceptors (Lipinski definition) is 3. The van der Waals surface area contributed by atoms with Gasteiger partial charge >= 0.3 is 0 Å². The van der Waals surface area contributed by atoms with E-state index in [1.165, 1.54) is 5.56 Å². The largest absolute Gasteiger partial charge is 0.493 e. The van der Waals surface area contributed by atoms with Gasteiger partial charge in [-0.25, -0.2) is 0 Å². The first kappa shape index (κ1) is 11.1. The standard InChI is InChI=1S/C14H18O3/c1-14(7-3-8-17-14)13(15)11-5-2-4-10-6-9-16-12(10)11/h2,4-5,13,15H,3,6-9H2,1H3. The lowest BCUT2D eigenvalue weighted by molar-refractivity contribution is -0.0803. The quantitative estimate of drug-likeness (QED) is 0.852. The van der Waals surface area contributed by atoms with Gasteiger partial charge in [0.15, 0.2) is 0 Å². The third kappa shape index (κ3) is 1.74. The number of rotatable bonds is 2. The van der Waals surface area contributed by atoms with E-state index in [0.717, 1.165) is 43.8 Å². The lowest BCUT2D eigenvalue weighted by atomic mass is 9.89. The van der Waals surface area contributed by atoms with Crippen molar-refractivity contribution in [3.05, 3.63) is 29.3 Å². The molecule has 17 heavy (non-hydrogen) atoms. The van der Waals surface area contributed by atoms with E-state index in [9.17, 15) is 5.11 Å². The number of ether oxygens (including phenoxy) is 2. The molecule has 0 bridgehead atoms. The smallest absolute Gasteiger partial charge is 0.128 e. The fraction of sp³-hybridized carbons (Fsp3) is 0.571. The molecule has 1 fully saturated rings. The van der Waals surface area contributed by atoms with Gasteiger partial charge < -0.3 is 14.6 Å². The first-order valence-electron chi connectivity index (χ1n) is 6.27. The molecule has 2 aliphatic rings. The lowest BCUT2D eigenvalue weighted by Gasteiger charge is -2.30. The Morgan fingerprint density at radius 1 is 1.35 bits per heavy atom. The highest BCUT2D eigenvalue weighted by molar-refractivity contribution is 5.46. The van der Waals surface area contributed by atoms with Crippen LogP contribution < -0.4 is 4.74 Å². The molecule has 2 aliphatic heterocycles. The number of fused-ring (bicyclic) bond motifs is 1. The van der Waals surface area contributed by atoms with Gasteiger partial charge in [-0.3, -0.25) is 0 Å². The van der Waals surface area contributed by atoms with Crippen molar-refractivity contribution in [2.24, 2.45) is 0 Å². The highest BCUT2D eigenvalue weighted by Crippen LogP contribution is 2.42. The van der Waals surface area contributed by atoms with E-state index >= 15 is 0 Å². The maximum atomic E-state index is 10.5. The number of hydrogen-bond donors (Lipinski definition) is 1. The third-order valence-corrected chi connectivity index (χ3v) is 3.87. The van der Waals surface area contributed by atoms with Crippen molar-refractivity contribution in [3.63, 3.8) is 0 Å². The molecule has 3 nitrogen and oxygen atoms in total. The Balaban J connectivity index is 1.96. The van der Waals surface area contributed by atoms with E-state index in [4.69, 9.17) is 9.47 Å². The van der Waals surface area contributed by atoms with Crippen LogP contribution in [0.4, 0.5) is 0 Å². The minimum Gasteiger partial charge on any atom is -0.493 e. The SMILES string of the molecule is CC1(C(O)c2cccc3c2OCC3)CCCO1. The molecule has 2 heterocycles. The Bertz CT molecular complexity index is 421. The highest BCUT2D eigenvalue weighted by atomic mass is 16.5. The zero-order chi connectivity index (χ0) is 11.9. The molecule has 1 aromatic rings. The molecule has 2 atom stereocenters. The van der Waals surface area contributed by atoms with E-state index in [-0.39, 0.29) is 0 Å². The minimum absolute atomic E-state index is 0.457. The fourth-order valence-electron chi connectivity index (χ4n) is 2.80. The van der Waals surface area contributed by atoms with E-state index in [1.54, 1.807) is 0 Å². The Morgan fingerprint density at radius 3 is 3.00 bits per heavy atom. The van der Waals surface area contributed by atoms with Crippen LogP contribution in [0.3, 0.4) is 0 Å². The van der Waals surface area contributed by atoms with Gasteiger partial charge in [0.1, 0.15) is 11.9 Å². The molecular weight excluding hydrogens is 216 g/mol. The minimum atomic E-state index is -0.599. The summed E-state index contributed by atoms with van der Waals surface area (Å²) in [4.78, 5) is 0. The van der Waals surface area contributed by atoms with Crippen LogP contribution in [0.1, 0.15) is 37.0 Å². The molecular formula is C14H18O3. The zero-order valence-electron chi connectivity index (χ0n) is 10.1. The highest BCUT2D eigenvalue weighted by Gasteiger charge is 2.40. The van der Waals surface area contributed by atoms with Gasteiger partial charge in [-0.05, 0) is 25.3 Å². The predicted molar refractivity (Wildman–Crippen MR) is 64.2 cm³/mol. The van der Waals surface area contributed by atoms with Crippen LogP contribution in [0.2, 0.25) is 0 Å². The van der Waals surface area contributed by atoms with E-state index in [0.29, 0.717) is 0 Å². The second-order valence-corrected chi connectivity index (χ2v) is 5.10. The van der Waals surface area contributed by atoms with Gasteiger partial charge in [-0.15, -0.1) is 0 Å². The van der Waals surface area contributed by atoms with Crippen LogP contribution in [-0.4, -0.2) is 23.9 Å². The Morgan fingerprint density at radius 2 is 2.24 bits per heavy atom. The molecule has 3 heteroatoms. The molecule has 1 saturated heterocycles. The molecule has 1 N–H and O–H groups in total. The monoisotopic (exact) mass is 234 g/mol. The summed E-state index contributed by atoms with van der Waals surface area (Å²) in [6, 6.07) is 6.00. The van der Waals surface area contributed by atoms with Gasteiger partial charge in [0.25, 0.3) is 0 Å². The molecule has 92 valence electrons. The zero-order valence-corrected chi connectivity index (χ0v) is 10.1. The van der Waals surface area contributed by atoms with Crippen molar-refractivity contribution in [1.29, 1.82) is 0 Å². The van der Waals surface area contributed by atoms with E-state index in [2.05, 4.69) is 6.07 Å². The molecule has 2 unspecified atom stereocenters. The molecule has 0 radical (unpaired) electrons. The van der Waals surface area contributed by atoms with E-state index in [1.807, 2.05) is 19.1 Å². The summed E-state index contributed by atoms with van der Waals surface area (Å²) in [5.41, 5.74) is 1.62. The van der Waals surface area contributed by atoms with Gasteiger partial charge in [0.05, 0.1) is 12.2 Å². The lowest BCUT2D eigenvalue weighted by Crippen LogP contribution is -2.32. The molecule has 0 amide bonds. The average molecular weight is 234 g/mol. The van der Waals surface area contributed by atoms with Crippen molar-refractivity contribution in [3.8, 4) is 5.75 Å². The van der Waals surface area contributed by atoms with E-state index < -0.39 is 11.7 Å². The molecule has 3 rings (SSSR count). The summed E-state index contributed by atoms with van der Waals surface area (Å²) in [5, 5.41) is 10.5. The summed E-state index contributed by atoms with van der Waals surface area (Å²) in [5.74, 6) is 0.872. The Kier molecular flexibility index (Phi) is 2.60. The van der Waals surface area contributed by atoms with Crippen LogP contribution >= 0.6 is 0 Å². The van der Waals surface area contributed by atoms with Gasteiger partial charge in [-0.2, -0.15) is 0 Å². The van der Waals surface area contributed by atoms with Gasteiger partial charge in [-0.1, -0.05) is 18.2 Å². The maximum Gasteiger partial charge on any atom is 0.128 e. The van der Waals surface area contributed by atoms with Crippen molar-refractivity contribution < 1.29 is 14.6 Å².